The van der Waals surface area contributed by atoms with Crippen molar-refractivity contribution in [3.8, 4) is 0 Å². The molecule has 7 heteroatoms. The number of amides is 1. The molecule has 17 heavy (non-hydrogen) atoms. The van der Waals surface area contributed by atoms with Crippen molar-refractivity contribution in [2.45, 2.75) is 56.9 Å². The summed E-state index contributed by atoms with van der Waals surface area (Å²) in [5.41, 5.74) is -0.555. The van der Waals surface area contributed by atoms with Crippen molar-refractivity contribution in [2.75, 3.05) is 0 Å². The summed E-state index contributed by atoms with van der Waals surface area (Å²) in [6, 6.07) is -0.177. The van der Waals surface area contributed by atoms with E-state index in [2.05, 4.69) is 5.32 Å². The Kier molecular flexibility index (Phi) is 4.30. The zero-order chi connectivity index (χ0) is 13.3. The van der Waals surface area contributed by atoms with Crippen LogP contribution in [-0.4, -0.2) is 31.4 Å². The van der Waals surface area contributed by atoms with Gasteiger partial charge in [-0.25, -0.2) is 13.2 Å². The largest absolute Gasteiger partial charge is 0.444 e. The van der Waals surface area contributed by atoms with E-state index in [0.717, 1.165) is 0 Å². The maximum atomic E-state index is 11.5. The Morgan fingerprint density at radius 2 is 1.94 bits per heavy atom. The first kappa shape index (κ1) is 14.6. The standard InChI is InChI=1S/C10H18ClNO4S/c1-10(2,3)16-9(13)12-7-4-5-8(6-7)17(11,14)15/h7-8H,4-6H2,1-3H3,(H,12,13)/t7-,8-/m1/s1. The van der Waals surface area contributed by atoms with E-state index in [0.29, 0.717) is 19.3 Å². The normalized spacial score (nSPS) is 25.6. The van der Waals surface area contributed by atoms with E-state index in [1.165, 1.54) is 0 Å². The molecule has 0 unspecified atom stereocenters. The van der Waals surface area contributed by atoms with Crippen LogP contribution in [0.3, 0.4) is 0 Å². The molecule has 100 valence electrons. The van der Waals surface area contributed by atoms with Crippen molar-refractivity contribution in [3.63, 3.8) is 0 Å². The third-order valence-electron chi connectivity index (χ3n) is 2.50. The van der Waals surface area contributed by atoms with Crippen LogP contribution in [0.2, 0.25) is 0 Å². The number of nitrogens with one attached hydrogen (secondary N) is 1. The van der Waals surface area contributed by atoms with Crippen LogP contribution < -0.4 is 5.32 Å². The summed E-state index contributed by atoms with van der Waals surface area (Å²) in [7, 11) is 1.75. The number of ether oxygens (including phenoxy) is 1. The molecule has 5 nitrogen and oxygen atoms in total. The lowest BCUT2D eigenvalue weighted by molar-refractivity contribution is 0.0505. The highest BCUT2D eigenvalue weighted by atomic mass is 35.7. The minimum Gasteiger partial charge on any atom is -0.444 e. The zero-order valence-corrected chi connectivity index (χ0v) is 11.8. The van der Waals surface area contributed by atoms with Gasteiger partial charge in [-0.1, -0.05) is 0 Å². The first-order valence-corrected chi connectivity index (χ1v) is 7.88. The molecule has 1 fully saturated rings. The monoisotopic (exact) mass is 283 g/mol. The Labute approximate surface area is 106 Å². The summed E-state index contributed by atoms with van der Waals surface area (Å²) in [6.07, 6.45) is 0.919. The highest BCUT2D eigenvalue weighted by Gasteiger charge is 2.34. The van der Waals surface area contributed by atoms with Crippen LogP contribution in [0.15, 0.2) is 0 Å². The molecule has 1 rings (SSSR count). The summed E-state index contributed by atoms with van der Waals surface area (Å²) < 4.78 is 27.3. The van der Waals surface area contributed by atoms with E-state index in [4.69, 9.17) is 15.4 Å². The second-order valence-electron chi connectivity index (χ2n) is 5.25. The van der Waals surface area contributed by atoms with Crippen LogP contribution in [0.25, 0.3) is 0 Å². The molecule has 0 aromatic heterocycles. The predicted octanol–water partition coefficient (Wildman–Crippen LogP) is 2.00. The Bertz CT molecular complexity index is 388. The Morgan fingerprint density at radius 3 is 2.35 bits per heavy atom. The fourth-order valence-corrected chi connectivity index (χ4v) is 3.17. The first-order chi connectivity index (χ1) is 7.58. The van der Waals surface area contributed by atoms with E-state index < -0.39 is 26.0 Å². The molecule has 2 atom stereocenters. The molecule has 1 N–H and O–H groups in total. The van der Waals surface area contributed by atoms with Gasteiger partial charge in [-0.2, -0.15) is 0 Å². The van der Waals surface area contributed by atoms with Crippen molar-refractivity contribution >= 4 is 25.8 Å². The van der Waals surface area contributed by atoms with Gasteiger partial charge in [-0.3, -0.25) is 0 Å². The molecule has 1 aliphatic carbocycles. The lowest BCUT2D eigenvalue weighted by Gasteiger charge is -2.21. The molecular weight excluding hydrogens is 266 g/mol. The van der Waals surface area contributed by atoms with Gasteiger partial charge in [0.15, 0.2) is 0 Å². The number of hydrogen-bond acceptors (Lipinski definition) is 4. The van der Waals surface area contributed by atoms with Crippen LogP contribution in [0.4, 0.5) is 4.79 Å². The molecule has 1 amide bonds. The van der Waals surface area contributed by atoms with Crippen LogP contribution in [0.1, 0.15) is 40.0 Å². The van der Waals surface area contributed by atoms with Gasteiger partial charge in [0, 0.05) is 16.7 Å². The van der Waals surface area contributed by atoms with Gasteiger partial charge >= 0.3 is 6.09 Å². The molecule has 0 saturated heterocycles. The highest BCUT2D eigenvalue weighted by Crippen LogP contribution is 2.27. The fourth-order valence-electron chi connectivity index (χ4n) is 1.80. The fraction of sp³-hybridized carbons (Fsp3) is 0.900. The van der Waals surface area contributed by atoms with Crippen LogP contribution >= 0.6 is 10.7 Å². The Balaban J connectivity index is 2.44. The average Bonchev–Trinajstić information content (AvgIpc) is 2.47. The molecule has 1 aliphatic rings. The number of carbonyl (C=O) groups is 1. The average molecular weight is 284 g/mol. The van der Waals surface area contributed by atoms with Gasteiger partial charge in [0.2, 0.25) is 9.05 Å². The van der Waals surface area contributed by atoms with Crippen molar-refractivity contribution in [1.82, 2.24) is 5.32 Å². The third kappa shape index (κ3) is 5.12. The maximum Gasteiger partial charge on any atom is 0.407 e. The molecule has 0 bridgehead atoms. The lowest BCUT2D eigenvalue weighted by Crippen LogP contribution is -2.38. The Morgan fingerprint density at radius 1 is 1.35 bits per heavy atom. The van der Waals surface area contributed by atoms with Crippen molar-refractivity contribution in [2.24, 2.45) is 0 Å². The smallest absolute Gasteiger partial charge is 0.407 e. The second kappa shape index (κ2) is 5.02. The molecular formula is C10H18ClNO4S. The van der Waals surface area contributed by atoms with E-state index in [-0.39, 0.29) is 6.04 Å². The number of rotatable bonds is 2. The van der Waals surface area contributed by atoms with E-state index in [1.54, 1.807) is 20.8 Å². The molecule has 0 aromatic carbocycles. The lowest BCUT2D eigenvalue weighted by atomic mass is 10.2. The van der Waals surface area contributed by atoms with Gasteiger partial charge in [-0.05, 0) is 40.0 Å². The molecule has 0 radical (unpaired) electrons. The van der Waals surface area contributed by atoms with Crippen molar-refractivity contribution < 1.29 is 17.9 Å². The summed E-state index contributed by atoms with van der Waals surface area (Å²) >= 11 is 0. The van der Waals surface area contributed by atoms with Crippen LogP contribution in [0, 0.1) is 0 Å². The van der Waals surface area contributed by atoms with E-state index in [1.807, 2.05) is 0 Å². The van der Waals surface area contributed by atoms with Gasteiger partial charge in [0.1, 0.15) is 5.60 Å². The molecule has 0 aromatic rings. The van der Waals surface area contributed by atoms with Crippen molar-refractivity contribution in [3.05, 3.63) is 0 Å². The minimum absolute atomic E-state index is 0.177. The SMILES string of the molecule is CC(C)(C)OC(=O)N[C@@H]1CC[C@@H](S(=O)(=O)Cl)C1. The van der Waals surface area contributed by atoms with E-state index >= 15 is 0 Å². The number of alkyl carbamates (subject to hydrolysis) is 1. The van der Waals surface area contributed by atoms with Crippen molar-refractivity contribution in [1.29, 1.82) is 0 Å². The first-order valence-electron chi connectivity index (χ1n) is 5.51. The topological polar surface area (TPSA) is 72.5 Å². The van der Waals surface area contributed by atoms with Crippen LogP contribution in [0.5, 0.6) is 0 Å². The minimum atomic E-state index is -3.53. The number of hydrogen-bond donors (Lipinski definition) is 1. The highest BCUT2D eigenvalue weighted by molar-refractivity contribution is 8.14. The number of carbonyl (C=O) groups excluding carboxylic acids is 1. The molecule has 0 spiro atoms. The quantitative estimate of drug-likeness (QED) is 0.787. The number of halogens is 1. The van der Waals surface area contributed by atoms with Gasteiger partial charge < -0.3 is 10.1 Å². The van der Waals surface area contributed by atoms with Gasteiger partial charge in [0.25, 0.3) is 0 Å². The van der Waals surface area contributed by atoms with Crippen LogP contribution in [-0.2, 0) is 13.8 Å². The second-order valence-corrected chi connectivity index (χ2v) is 8.16. The maximum absolute atomic E-state index is 11.5. The Hall–Kier alpha value is -0.490. The van der Waals surface area contributed by atoms with E-state index in [9.17, 15) is 13.2 Å². The summed E-state index contributed by atoms with van der Waals surface area (Å²) in [4.78, 5) is 11.5. The summed E-state index contributed by atoms with van der Waals surface area (Å²) in [6.45, 7) is 5.31. The third-order valence-corrected chi connectivity index (χ3v) is 4.48. The van der Waals surface area contributed by atoms with Gasteiger partial charge in [0.05, 0.1) is 5.25 Å². The zero-order valence-electron chi connectivity index (χ0n) is 10.2. The summed E-state index contributed by atoms with van der Waals surface area (Å²) in [5, 5.41) is 2.09. The molecule has 1 saturated carbocycles. The molecule has 0 aliphatic heterocycles. The molecule has 0 heterocycles. The summed E-state index contributed by atoms with van der Waals surface area (Å²) in [5.74, 6) is 0. The van der Waals surface area contributed by atoms with Gasteiger partial charge in [-0.15, -0.1) is 0 Å². The predicted molar refractivity (Wildman–Crippen MR) is 65.6 cm³/mol.